The number of benzene rings is 8. The molecule has 5 heteroatoms. The highest BCUT2D eigenvalue weighted by Crippen LogP contribution is 2.42. The molecule has 0 amide bonds. The third kappa shape index (κ3) is 4.33. The molecule has 0 bridgehead atoms. The quantitative estimate of drug-likeness (QED) is 0.184. The van der Waals surface area contributed by atoms with Crippen molar-refractivity contribution in [2.24, 2.45) is 0 Å². The number of hydrogen-bond acceptors (Lipinski definition) is 2. The van der Waals surface area contributed by atoms with Gasteiger partial charge < -0.3 is 13.7 Å². The summed E-state index contributed by atoms with van der Waals surface area (Å²) >= 11 is 0. The molecule has 55 heavy (non-hydrogen) atoms. The van der Waals surface area contributed by atoms with E-state index < -0.39 is 0 Å². The number of fused-ring (bicyclic) bond motifs is 9. The maximum absolute atomic E-state index is 10.8. The number of nitriles is 2. The van der Waals surface area contributed by atoms with E-state index in [1.807, 2.05) is 42.5 Å². The molecule has 254 valence electrons. The molecule has 0 aliphatic rings. The van der Waals surface area contributed by atoms with Crippen LogP contribution in [0.15, 0.2) is 176 Å². The van der Waals surface area contributed by atoms with Crippen LogP contribution in [0.25, 0.3) is 93.6 Å². The molecule has 0 saturated heterocycles. The van der Waals surface area contributed by atoms with Gasteiger partial charge in [0.2, 0.25) is 0 Å². The minimum atomic E-state index is 0.574. The van der Waals surface area contributed by atoms with E-state index in [4.69, 9.17) is 0 Å². The van der Waals surface area contributed by atoms with E-state index in [-0.39, 0.29) is 0 Å². The standard InChI is InChI=1S/C50H29N5/c51-30-33-28-27-32(35-14-1-6-21-42(35)54-45-24-9-4-17-38(45)40-19-11-13-34(31-52)49(40)54)29-48(33)55-46-25-10-5-18-39(46)41-20-12-26-47(50(41)55)53-43-22-7-2-15-36(43)37-16-3-8-23-44(37)53/h1-29H. The largest absolute Gasteiger partial charge is 0.307 e. The molecule has 11 rings (SSSR count). The third-order valence-electron chi connectivity index (χ3n) is 11.1. The first kappa shape index (κ1) is 30.7. The molecule has 8 aromatic carbocycles. The SMILES string of the molecule is N#Cc1ccc(-c2ccccc2-n2c3ccccc3c3cccc(C#N)c32)cc1-n1c2ccccc2c2cccc(-n3c4ccccc4c4ccccc43)c21. The topological polar surface area (TPSA) is 62.4 Å². The normalized spacial score (nSPS) is 11.6. The van der Waals surface area contributed by atoms with Crippen LogP contribution in [-0.4, -0.2) is 13.7 Å². The first-order chi connectivity index (χ1) is 27.2. The highest BCUT2D eigenvalue weighted by molar-refractivity contribution is 6.15. The third-order valence-corrected chi connectivity index (χ3v) is 11.1. The van der Waals surface area contributed by atoms with Gasteiger partial charge in [0.15, 0.2) is 0 Å². The van der Waals surface area contributed by atoms with Gasteiger partial charge in [-0.3, -0.25) is 0 Å². The van der Waals surface area contributed by atoms with Crippen LogP contribution in [0.3, 0.4) is 0 Å². The number of nitrogens with zero attached hydrogens (tertiary/aromatic N) is 5. The van der Waals surface area contributed by atoms with Crippen molar-refractivity contribution in [2.75, 3.05) is 0 Å². The van der Waals surface area contributed by atoms with Gasteiger partial charge in [-0.15, -0.1) is 0 Å². The Morgan fingerprint density at radius 1 is 0.327 bits per heavy atom. The molecular weight excluding hydrogens is 671 g/mol. The van der Waals surface area contributed by atoms with E-state index in [2.05, 4.69) is 159 Å². The average molecular weight is 700 g/mol. The predicted molar refractivity (Wildman–Crippen MR) is 224 cm³/mol. The molecule has 3 heterocycles. The number of para-hydroxylation sites is 7. The van der Waals surface area contributed by atoms with Gasteiger partial charge in [0.25, 0.3) is 0 Å². The van der Waals surface area contributed by atoms with Crippen LogP contribution in [0, 0.1) is 22.7 Å². The van der Waals surface area contributed by atoms with Crippen molar-refractivity contribution in [3.63, 3.8) is 0 Å². The number of aromatic nitrogens is 3. The molecule has 0 spiro atoms. The van der Waals surface area contributed by atoms with Crippen molar-refractivity contribution >= 4 is 65.4 Å². The van der Waals surface area contributed by atoms with Crippen molar-refractivity contribution in [1.82, 2.24) is 13.7 Å². The van der Waals surface area contributed by atoms with Gasteiger partial charge >= 0.3 is 0 Å². The highest BCUT2D eigenvalue weighted by Gasteiger charge is 2.23. The van der Waals surface area contributed by atoms with Gasteiger partial charge in [-0.1, -0.05) is 121 Å². The summed E-state index contributed by atoms with van der Waals surface area (Å²) < 4.78 is 6.86. The van der Waals surface area contributed by atoms with Crippen LogP contribution in [0.2, 0.25) is 0 Å². The van der Waals surface area contributed by atoms with E-state index in [9.17, 15) is 10.5 Å². The number of hydrogen-bond donors (Lipinski definition) is 0. The van der Waals surface area contributed by atoms with Gasteiger partial charge in [0.1, 0.15) is 12.1 Å². The van der Waals surface area contributed by atoms with Crippen LogP contribution < -0.4 is 0 Å². The minimum Gasteiger partial charge on any atom is -0.307 e. The van der Waals surface area contributed by atoms with Crippen LogP contribution in [0.5, 0.6) is 0 Å². The lowest BCUT2D eigenvalue weighted by molar-refractivity contribution is 1.12. The Hall–Kier alpha value is -7.86. The number of rotatable bonds is 4. The van der Waals surface area contributed by atoms with Crippen molar-refractivity contribution in [3.05, 3.63) is 187 Å². The lowest BCUT2D eigenvalue weighted by Gasteiger charge is -2.18. The predicted octanol–water partition coefficient (Wildman–Crippen LogP) is 12.4. The molecule has 11 aromatic rings. The Kier molecular flexibility index (Phi) is 6.61. The van der Waals surface area contributed by atoms with E-state index in [0.29, 0.717) is 11.1 Å². The molecule has 0 N–H and O–H groups in total. The van der Waals surface area contributed by atoms with Crippen molar-refractivity contribution in [2.45, 2.75) is 0 Å². The fourth-order valence-electron chi connectivity index (χ4n) is 8.86. The van der Waals surface area contributed by atoms with Crippen molar-refractivity contribution in [1.29, 1.82) is 10.5 Å². The van der Waals surface area contributed by atoms with Gasteiger partial charge in [0.05, 0.1) is 61.3 Å². The molecule has 5 nitrogen and oxygen atoms in total. The van der Waals surface area contributed by atoms with Crippen LogP contribution in [-0.2, 0) is 0 Å². The Labute approximate surface area is 316 Å². The van der Waals surface area contributed by atoms with Gasteiger partial charge in [0, 0.05) is 37.9 Å². The second-order valence-electron chi connectivity index (χ2n) is 13.9. The van der Waals surface area contributed by atoms with Gasteiger partial charge in [-0.05, 0) is 60.2 Å². The maximum Gasteiger partial charge on any atom is 0.101 e. The Bertz CT molecular complexity index is 3420. The average Bonchev–Trinajstić information content (AvgIpc) is 3.89. The van der Waals surface area contributed by atoms with E-state index in [1.165, 1.54) is 10.8 Å². The summed E-state index contributed by atoms with van der Waals surface area (Å²) in [7, 11) is 0. The first-order valence-electron chi connectivity index (χ1n) is 18.3. The zero-order valence-electron chi connectivity index (χ0n) is 29.5. The highest BCUT2D eigenvalue weighted by atomic mass is 15.1. The van der Waals surface area contributed by atoms with E-state index in [1.54, 1.807) is 0 Å². The Morgan fingerprint density at radius 3 is 1.40 bits per heavy atom. The monoisotopic (exact) mass is 699 g/mol. The molecule has 0 unspecified atom stereocenters. The molecule has 0 aliphatic carbocycles. The molecule has 0 saturated carbocycles. The maximum atomic E-state index is 10.8. The van der Waals surface area contributed by atoms with E-state index >= 15 is 0 Å². The molecule has 0 fully saturated rings. The molecule has 3 aromatic heterocycles. The Morgan fingerprint density at radius 2 is 0.782 bits per heavy atom. The molecule has 0 radical (unpaired) electrons. The van der Waals surface area contributed by atoms with Crippen LogP contribution >= 0.6 is 0 Å². The summed E-state index contributed by atoms with van der Waals surface area (Å²) in [6, 6.07) is 65.9. The summed E-state index contributed by atoms with van der Waals surface area (Å²) in [4.78, 5) is 0. The summed E-state index contributed by atoms with van der Waals surface area (Å²) in [6.45, 7) is 0. The zero-order valence-corrected chi connectivity index (χ0v) is 29.5. The second kappa shape index (κ2) is 11.8. The smallest absolute Gasteiger partial charge is 0.101 e. The lowest BCUT2D eigenvalue weighted by atomic mass is 10.00. The zero-order chi connectivity index (χ0) is 36.6. The summed E-state index contributed by atoms with van der Waals surface area (Å²) in [5, 5.41) is 27.8. The fourth-order valence-corrected chi connectivity index (χ4v) is 8.86. The summed E-state index contributed by atoms with van der Waals surface area (Å²) in [5.41, 5.74) is 12.1. The summed E-state index contributed by atoms with van der Waals surface area (Å²) in [5.74, 6) is 0. The second-order valence-corrected chi connectivity index (χ2v) is 13.9. The van der Waals surface area contributed by atoms with E-state index in [0.717, 1.165) is 82.8 Å². The van der Waals surface area contributed by atoms with Crippen molar-refractivity contribution < 1.29 is 0 Å². The van der Waals surface area contributed by atoms with Gasteiger partial charge in [-0.25, -0.2) is 0 Å². The van der Waals surface area contributed by atoms with Crippen LogP contribution in [0.1, 0.15) is 11.1 Å². The Balaban J connectivity index is 1.23. The fraction of sp³-hybridized carbons (Fsp3) is 0. The van der Waals surface area contributed by atoms with Crippen LogP contribution in [0.4, 0.5) is 0 Å². The lowest BCUT2D eigenvalue weighted by Crippen LogP contribution is -2.03. The van der Waals surface area contributed by atoms with Crippen molar-refractivity contribution in [3.8, 4) is 40.3 Å². The molecular formula is C50H29N5. The first-order valence-corrected chi connectivity index (χ1v) is 18.3. The minimum absolute atomic E-state index is 0.574. The van der Waals surface area contributed by atoms with Gasteiger partial charge in [-0.2, -0.15) is 10.5 Å². The summed E-state index contributed by atoms with van der Waals surface area (Å²) in [6.07, 6.45) is 0. The molecule has 0 atom stereocenters. The molecule has 0 aliphatic heterocycles.